The zero-order valence-electron chi connectivity index (χ0n) is 10.9. The molecule has 0 aliphatic rings. The van der Waals surface area contributed by atoms with Crippen molar-refractivity contribution >= 4 is 22.8 Å². The van der Waals surface area contributed by atoms with Gasteiger partial charge < -0.3 is 25.3 Å². The number of aliphatic hydroxyl groups excluding tert-OH is 1. The zero-order chi connectivity index (χ0) is 14.7. The summed E-state index contributed by atoms with van der Waals surface area (Å²) in [6, 6.07) is 6.09. The Labute approximate surface area is 115 Å². The van der Waals surface area contributed by atoms with Crippen LogP contribution in [0.4, 0.5) is 0 Å². The van der Waals surface area contributed by atoms with Crippen molar-refractivity contribution in [3.05, 3.63) is 36.0 Å². The van der Waals surface area contributed by atoms with Crippen molar-refractivity contribution in [2.45, 2.75) is 25.5 Å². The minimum atomic E-state index is -1.51. The van der Waals surface area contributed by atoms with Gasteiger partial charge in [-0.05, 0) is 18.6 Å². The van der Waals surface area contributed by atoms with Crippen molar-refractivity contribution in [1.29, 1.82) is 0 Å². The molecule has 0 fully saturated rings. The minimum absolute atomic E-state index is 0.0283. The number of aliphatic hydroxyl groups is 1. The molecule has 0 bridgehead atoms. The molecule has 1 aromatic heterocycles. The minimum Gasteiger partial charge on any atom is -0.548 e. The molecule has 106 valence electrons. The number of benzene rings is 1. The van der Waals surface area contributed by atoms with Gasteiger partial charge in [-0.2, -0.15) is 0 Å². The molecule has 3 N–H and O–H groups in total. The summed E-state index contributed by atoms with van der Waals surface area (Å²) in [5, 5.41) is 23.2. The maximum Gasteiger partial charge on any atom is 0.225 e. The highest BCUT2D eigenvalue weighted by Crippen LogP contribution is 2.17. The Balaban J connectivity index is 2.10. The second-order valence-corrected chi connectivity index (χ2v) is 4.64. The van der Waals surface area contributed by atoms with Crippen LogP contribution in [-0.2, 0) is 16.0 Å². The third-order valence-electron chi connectivity index (χ3n) is 3.08. The number of aromatic nitrogens is 1. The number of carbonyl (C=O) groups excluding carboxylic acids is 2. The van der Waals surface area contributed by atoms with Gasteiger partial charge in [-0.3, -0.25) is 4.79 Å². The van der Waals surface area contributed by atoms with Gasteiger partial charge in [-0.15, -0.1) is 0 Å². The summed E-state index contributed by atoms with van der Waals surface area (Å²) in [4.78, 5) is 25.7. The van der Waals surface area contributed by atoms with E-state index in [-0.39, 0.29) is 6.42 Å². The first-order valence-corrected chi connectivity index (χ1v) is 6.22. The number of amides is 1. The predicted octanol–water partition coefficient (Wildman–Crippen LogP) is -0.674. The largest absolute Gasteiger partial charge is 0.548 e. The van der Waals surface area contributed by atoms with Gasteiger partial charge in [0.05, 0.1) is 24.5 Å². The van der Waals surface area contributed by atoms with Crippen LogP contribution in [0.15, 0.2) is 30.5 Å². The Morgan fingerprint density at radius 1 is 1.40 bits per heavy atom. The monoisotopic (exact) mass is 275 g/mol. The van der Waals surface area contributed by atoms with Crippen LogP contribution in [0.25, 0.3) is 10.9 Å². The van der Waals surface area contributed by atoms with Crippen LogP contribution in [-0.4, -0.2) is 34.1 Å². The van der Waals surface area contributed by atoms with Crippen LogP contribution < -0.4 is 10.4 Å². The number of carbonyl (C=O) groups is 2. The SMILES string of the molecule is C[C@H](O)[C@H](NC(=O)Cc1c[nH]c2ccccc12)C(=O)[O-]. The summed E-state index contributed by atoms with van der Waals surface area (Å²) >= 11 is 0. The fourth-order valence-corrected chi connectivity index (χ4v) is 2.05. The van der Waals surface area contributed by atoms with Crippen molar-refractivity contribution in [3.63, 3.8) is 0 Å². The molecule has 2 rings (SSSR count). The lowest BCUT2D eigenvalue weighted by Gasteiger charge is -2.22. The van der Waals surface area contributed by atoms with Gasteiger partial charge in [-0.25, -0.2) is 0 Å². The molecule has 20 heavy (non-hydrogen) atoms. The van der Waals surface area contributed by atoms with Crippen molar-refractivity contribution < 1.29 is 19.8 Å². The standard InChI is InChI=1S/C14H16N2O4/c1-8(17)13(14(19)20)16-12(18)6-9-7-15-11-5-3-2-4-10(9)11/h2-5,7-8,13,15,17H,6H2,1H3,(H,16,18)(H,19,20)/p-1/t8-,13-/m0/s1. The summed E-state index contributed by atoms with van der Waals surface area (Å²) in [6.45, 7) is 1.28. The molecule has 0 aliphatic carbocycles. The summed E-state index contributed by atoms with van der Waals surface area (Å²) in [5.41, 5.74) is 1.67. The van der Waals surface area contributed by atoms with Gasteiger partial charge in [0.15, 0.2) is 0 Å². The summed E-state index contributed by atoms with van der Waals surface area (Å²) in [5.74, 6) is -1.99. The molecule has 6 nitrogen and oxygen atoms in total. The average Bonchev–Trinajstić information content (AvgIpc) is 2.79. The third-order valence-corrected chi connectivity index (χ3v) is 3.08. The molecule has 1 amide bonds. The van der Waals surface area contributed by atoms with Gasteiger partial charge in [0.25, 0.3) is 0 Å². The average molecular weight is 275 g/mol. The predicted molar refractivity (Wildman–Crippen MR) is 70.6 cm³/mol. The van der Waals surface area contributed by atoms with Crippen LogP contribution in [0.3, 0.4) is 0 Å². The lowest BCUT2D eigenvalue weighted by Crippen LogP contribution is -2.53. The van der Waals surface area contributed by atoms with E-state index < -0.39 is 24.0 Å². The van der Waals surface area contributed by atoms with E-state index in [0.717, 1.165) is 16.5 Å². The van der Waals surface area contributed by atoms with Gasteiger partial charge in [0.1, 0.15) is 0 Å². The number of H-pyrrole nitrogens is 1. The van der Waals surface area contributed by atoms with E-state index in [2.05, 4.69) is 10.3 Å². The van der Waals surface area contributed by atoms with Crippen LogP contribution >= 0.6 is 0 Å². The summed E-state index contributed by atoms with van der Waals surface area (Å²) in [7, 11) is 0. The molecule has 1 heterocycles. The van der Waals surface area contributed by atoms with Gasteiger partial charge in [-0.1, -0.05) is 18.2 Å². The number of hydrogen-bond acceptors (Lipinski definition) is 4. The molecule has 2 aromatic rings. The van der Waals surface area contributed by atoms with E-state index >= 15 is 0 Å². The molecule has 0 unspecified atom stereocenters. The Kier molecular flexibility index (Phi) is 4.05. The molecule has 0 spiro atoms. The van der Waals surface area contributed by atoms with Crippen molar-refractivity contribution in [3.8, 4) is 0 Å². The molecule has 2 atom stereocenters. The lowest BCUT2D eigenvalue weighted by molar-refractivity contribution is -0.310. The summed E-state index contributed by atoms with van der Waals surface area (Å²) < 4.78 is 0. The number of carboxylic acid groups (broad SMARTS) is 1. The van der Waals surface area contributed by atoms with E-state index in [1.54, 1.807) is 6.20 Å². The normalized spacial score (nSPS) is 13.9. The zero-order valence-corrected chi connectivity index (χ0v) is 10.9. The highest BCUT2D eigenvalue weighted by atomic mass is 16.4. The molecule has 0 saturated heterocycles. The number of rotatable bonds is 5. The maximum atomic E-state index is 11.8. The highest BCUT2D eigenvalue weighted by Gasteiger charge is 2.19. The van der Waals surface area contributed by atoms with Gasteiger partial charge in [0, 0.05) is 17.1 Å². The molecule has 0 saturated carbocycles. The molecule has 1 aromatic carbocycles. The molecule has 6 heteroatoms. The molecule has 0 radical (unpaired) electrons. The topological polar surface area (TPSA) is 105 Å². The number of para-hydroxylation sites is 1. The second-order valence-electron chi connectivity index (χ2n) is 4.64. The fraction of sp³-hybridized carbons (Fsp3) is 0.286. The molecular weight excluding hydrogens is 260 g/mol. The second kappa shape index (κ2) is 5.75. The third kappa shape index (κ3) is 2.97. The number of carboxylic acids is 1. The number of nitrogens with one attached hydrogen (secondary N) is 2. The fourth-order valence-electron chi connectivity index (χ4n) is 2.05. The highest BCUT2D eigenvalue weighted by molar-refractivity contribution is 5.90. The Morgan fingerprint density at radius 2 is 2.10 bits per heavy atom. The van der Waals surface area contributed by atoms with E-state index in [9.17, 15) is 19.8 Å². The number of aliphatic carboxylic acids is 1. The van der Waals surface area contributed by atoms with Crippen molar-refractivity contribution in [2.75, 3.05) is 0 Å². The molecule has 0 aliphatic heterocycles. The van der Waals surface area contributed by atoms with E-state index in [1.165, 1.54) is 6.92 Å². The van der Waals surface area contributed by atoms with Gasteiger partial charge >= 0.3 is 0 Å². The van der Waals surface area contributed by atoms with Gasteiger partial charge in [0.2, 0.25) is 5.91 Å². The maximum absolute atomic E-state index is 11.8. The smallest absolute Gasteiger partial charge is 0.225 e. The van der Waals surface area contributed by atoms with E-state index in [0.29, 0.717) is 0 Å². The number of fused-ring (bicyclic) bond motifs is 1. The Hall–Kier alpha value is -2.34. The number of hydrogen-bond donors (Lipinski definition) is 3. The Morgan fingerprint density at radius 3 is 2.75 bits per heavy atom. The van der Waals surface area contributed by atoms with Crippen LogP contribution in [0, 0.1) is 0 Å². The van der Waals surface area contributed by atoms with Crippen molar-refractivity contribution in [1.82, 2.24) is 10.3 Å². The summed E-state index contributed by atoms with van der Waals surface area (Å²) in [6.07, 6.45) is 0.521. The van der Waals surface area contributed by atoms with Crippen molar-refractivity contribution in [2.24, 2.45) is 0 Å². The first-order chi connectivity index (χ1) is 9.49. The lowest BCUT2D eigenvalue weighted by atomic mass is 10.1. The molecular formula is C14H15N2O4-. The van der Waals surface area contributed by atoms with E-state index in [4.69, 9.17) is 0 Å². The first kappa shape index (κ1) is 14.1. The number of aromatic amines is 1. The first-order valence-electron chi connectivity index (χ1n) is 6.22. The van der Waals surface area contributed by atoms with E-state index in [1.807, 2.05) is 24.3 Å². The Bertz CT molecular complexity index is 633. The quantitative estimate of drug-likeness (QED) is 0.672. The van der Waals surface area contributed by atoms with Crippen LogP contribution in [0.1, 0.15) is 12.5 Å². The van der Waals surface area contributed by atoms with Crippen LogP contribution in [0.2, 0.25) is 0 Å². The van der Waals surface area contributed by atoms with Crippen LogP contribution in [0.5, 0.6) is 0 Å².